The van der Waals surface area contributed by atoms with E-state index in [1.807, 2.05) is 0 Å². The second kappa shape index (κ2) is 5.21. The van der Waals surface area contributed by atoms with Crippen LogP contribution in [0.5, 0.6) is 0 Å². The summed E-state index contributed by atoms with van der Waals surface area (Å²) in [6.45, 7) is 8.28. The Morgan fingerprint density at radius 3 is 2.57 bits per heavy atom. The van der Waals surface area contributed by atoms with E-state index in [2.05, 4.69) is 75.4 Å². The van der Waals surface area contributed by atoms with Crippen LogP contribution in [0.4, 0.5) is 0 Å². The highest BCUT2D eigenvalue weighted by molar-refractivity contribution is 5.87. The molecule has 4 rings (SSSR count). The number of fused-ring (bicyclic) bond motifs is 2. The second-order valence-electron chi connectivity index (χ2n) is 7.10. The van der Waals surface area contributed by atoms with Crippen molar-refractivity contribution in [2.24, 2.45) is 0 Å². The number of ether oxygens (including phenoxy) is 1. The van der Waals surface area contributed by atoms with Gasteiger partial charge in [0.1, 0.15) is 0 Å². The molecule has 0 unspecified atom stereocenters. The van der Waals surface area contributed by atoms with Crippen LogP contribution >= 0.6 is 0 Å². The van der Waals surface area contributed by atoms with Gasteiger partial charge in [0.25, 0.3) is 0 Å². The highest BCUT2D eigenvalue weighted by atomic mass is 16.5. The maximum Gasteiger partial charge on any atom is 0.0730 e. The summed E-state index contributed by atoms with van der Waals surface area (Å²) < 4.78 is 5.92. The Morgan fingerprint density at radius 2 is 1.78 bits per heavy atom. The molecule has 0 saturated carbocycles. The highest BCUT2D eigenvalue weighted by Crippen LogP contribution is 2.51. The van der Waals surface area contributed by atoms with Gasteiger partial charge in [-0.15, -0.1) is 0 Å². The summed E-state index contributed by atoms with van der Waals surface area (Å²) in [4.78, 5) is 0. The van der Waals surface area contributed by atoms with Crippen molar-refractivity contribution in [2.75, 3.05) is 13.2 Å². The van der Waals surface area contributed by atoms with Crippen molar-refractivity contribution >= 4 is 11.6 Å². The first-order valence-electron chi connectivity index (χ1n) is 8.26. The van der Waals surface area contributed by atoms with Crippen LogP contribution in [0.15, 0.2) is 59.7 Å². The minimum atomic E-state index is 0.0427. The van der Waals surface area contributed by atoms with Crippen molar-refractivity contribution in [3.05, 3.63) is 81.9 Å². The third-order valence-corrected chi connectivity index (χ3v) is 5.07. The van der Waals surface area contributed by atoms with E-state index in [1.165, 1.54) is 39.0 Å². The number of hydrogen-bond donors (Lipinski definition) is 0. The van der Waals surface area contributed by atoms with E-state index in [9.17, 15) is 0 Å². The lowest BCUT2D eigenvalue weighted by molar-refractivity contribution is 0.186. The van der Waals surface area contributed by atoms with E-state index in [4.69, 9.17) is 4.74 Å². The van der Waals surface area contributed by atoms with Crippen molar-refractivity contribution in [3.8, 4) is 0 Å². The molecular formula is C22H22O. The average molecular weight is 302 g/mol. The number of rotatable bonds is 1. The van der Waals surface area contributed by atoms with Crippen molar-refractivity contribution < 1.29 is 4.74 Å². The van der Waals surface area contributed by atoms with Gasteiger partial charge in [0.05, 0.1) is 13.2 Å². The molecule has 0 saturated heterocycles. The zero-order chi connectivity index (χ0) is 16.0. The lowest BCUT2D eigenvalue weighted by atomic mass is 9.77. The molecule has 0 spiro atoms. The van der Waals surface area contributed by atoms with Crippen LogP contribution in [-0.4, -0.2) is 13.2 Å². The van der Waals surface area contributed by atoms with Crippen molar-refractivity contribution in [3.63, 3.8) is 0 Å². The smallest absolute Gasteiger partial charge is 0.0730 e. The lowest BCUT2D eigenvalue weighted by Crippen LogP contribution is -2.23. The third kappa shape index (κ3) is 2.27. The molecule has 2 aromatic rings. The van der Waals surface area contributed by atoms with Crippen LogP contribution in [0.2, 0.25) is 0 Å². The summed E-state index contributed by atoms with van der Waals surface area (Å²) in [5, 5.41) is 0. The van der Waals surface area contributed by atoms with Gasteiger partial charge in [-0.05, 0) is 46.4 Å². The Kier molecular flexibility index (Phi) is 3.28. The molecule has 116 valence electrons. The molecule has 0 aromatic heterocycles. The zero-order valence-electron chi connectivity index (χ0n) is 14.0. The monoisotopic (exact) mass is 302 g/mol. The quantitative estimate of drug-likeness (QED) is 0.707. The fourth-order valence-corrected chi connectivity index (χ4v) is 4.03. The predicted molar refractivity (Wildman–Crippen MR) is 96.4 cm³/mol. The topological polar surface area (TPSA) is 9.23 Å². The number of benzene rings is 2. The van der Waals surface area contributed by atoms with Gasteiger partial charge in [-0.3, -0.25) is 0 Å². The van der Waals surface area contributed by atoms with E-state index in [0.717, 1.165) is 6.61 Å². The van der Waals surface area contributed by atoms with Gasteiger partial charge in [-0.2, -0.15) is 0 Å². The van der Waals surface area contributed by atoms with Crippen LogP contribution in [0.1, 0.15) is 36.1 Å². The Morgan fingerprint density at radius 1 is 1.00 bits per heavy atom. The lowest BCUT2D eigenvalue weighted by Gasteiger charge is -2.29. The minimum absolute atomic E-state index is 0.0427. The fraction of sp³-hybridized carbons (Fsp3) is 0.273. The van der Waals surface area contributed by atoms with E-state index in [0.29, 0.717) is 6.61 Å². The fourth-order valence-electron chi connectivity index (χ4n) is 4.03. The van der Waals surface area contributed by atoms with Crippen molar-refractivity contribution in [1.82, 2.24) is 0 Å². The second-order valence-corrected chi connectivity index (χ2v) is 7.10. The first kappa shape index (κ1) is 14.5. The Labute approximate surface area is 138 Å². The van der Waals surface area contributed by atoms with Gasteiger partial charge < -0.3 is 4.74 Å². The Hall–Kier alpha value is -2.12. The molecule has 0 bridgehead atoms. The van der Waals surface area contributed by atoms with Crippen molar-refractivity contribution in [2.45, 2.75) is 26.2 Å². The van der Waals surface area contributed by atoms with E-state index < -0.39 is 0 Å². The molecule has 1 heterocycles. The van der Waals surface area contributed by atoms with E-state index in [-0.39, 0.29) is 5.41 Å². The molecule has 0 atom stereocenters. The third-order valence-electron chi connectivity index (χ3n) is 5.07. The van der Waals surface area contributed by atoms with E-state index >= 15 is 0 Å². The Bertz CT molecular complexity index is 822. The molecule has 1 heteroatoms. The summed E-state index contributed by atoms with van der Waals surface area (Å²) in [7, 11) is 0. The summed E-state index contributed by atoms with van der Waals surface area (Å²) in [6.07, 6.45) is 2.29. The van der Waals surface area contributed by atoms with Crippen LogP contribution in [0, 0.1) is 6.92 Å². The highest BCUT2D eigenvalue weighted by Gasteiger charge is 2.40. The zero-order valence-corrected chi connectivity index (χ0v) is 14.0. The SMILES string of the molecule is Cc1ccc2c(c1)C(C)(C)C1=C2COC/C1=C\c1ccccc1. The first-order valence-corrected chi connectivity index (χ1v) is 8.26. The molecule has 1 aliphatic heterocycles. The predicted octanol–water partition coefficient (Wildman–Crippen LogP) is 5.15. The van der Waals surface area contributed by atoms with Crippen LogP contribution in [0.25, 0.3) is 11.6 Å². The average Bonchev–Trinajstić information content (AvgIpc) is 2.77. The van der Waals surface area contributed by atoms with E-state index in [1.54, 1.807) is 0 Å². The number of aryl methyl sites for hydroxylation is 1. The summed E-state index contributed by atoms with van der Waals surface area (Å²) in [5.41, 5.74) is 9.57. The van der Waals surface area contributed by atoms with Gasteiger partial charge in [-0.25, -0.2) is 0 Å². The van der Waals surface area contributed by atoms with Crippen LogP contribution in [0.3, 0.4) is 0 Å². The van der Waals surface area contributed by atoms with Gasteiger partial charge in [-0.1, -0.05) is 67.9 Å². The molecule has 2 aromatic carbocycles. The van der Waals surface area contributed by atoms with Gasteiger partial charge in [0.15, 0.2) is 0 Å². The summed E-state index contributed by atoms with van der Waals surface area (Å²) >= 11 is 0. The van der Waals surface area contributed by atoms with Crippen LogP contribution < -0.4 is 0 Å². The first-order chi connectivity index (χ1) is 11.1. The molecule has 0 amide bonds. The molecule has 1 nitrogen and oxygen atoms in total. The van der Waals surface area contributed by atoms with Crippen molar-refractivity contribution in [1.29, 1.82) is 0 Å². The normalized spacial score (nSPS) is 20.6. The molecule has 2 aliphatic rings. The standard InChI is InChI=1S/C22H22O/c1-15-9-10-18-19-14-23-13-17(12-16-7-5-4-6-8-16)21(19)22(2,3)20(18)11-15/h4-12H,13-14H2,1-3H3/b17-12+. The largest absolute Gasteiger partial charge is 0.372 e. The maximum absolute atomic E-state index is 5.92. The molecule has 23 heavy (non-hydrogen) atoms. The Balaban J connectivity index is 1.89. The summed E-state index contributed by atoms with van der Waals surface area (Å²) in [5.74, 6) is 0. The van der Waals surface area contributed by atoms with Gasteiger partial charge in [0.2, 0.25) is 0 Å². The number of hydrogen-bond acceptors (Lipinski definition) is 1. The molecule has 1 aliphatic carbocycles. The molecule has 0 radical (unpaired) electrons. The van der Waals surface area contributed by atoms with Gasteiger partial charge >= 0.3 is 0 Å². The maximum atomic E-state index is 5.92. The van der Waals surface area contributed by atoms with Crippen LogP contribution in [-0.2, 0) is 10.2 Å². The summed E-state index contributed by atoms with van der Waals surface area (Å²) in [6, 6.07) is 17.4. The molecule has 0 N–H and O–H groups in total. The minimum Gasteiger partial charge on any atom is -0.372 e. The van der Waals surface area contributed by atoms with Gasteiger partial charge in [0, 0.05) is 5.41 Å². The molecule has 0 fully saturated rings. The molecular weight excluding hydrogens is 280 g/mol.